The summed E-state index contributed by atoms with van der Waals surface area (Å²) in [7, 11) is 3.15. The van der Waals surface area contributed by atoms with Gasteiger partial charge in [-0.2, -0.15) is 0 Å². The van der Waals surface area contributed by atoms with E-state index in [9.17, 15) is 9.59 Å². The van der Waals surface area contributed by atoms with Crippen molar-refractivity contribution in [3.05, 3.63) is 64.3 Å². The molecule has 6 heteroatoms. The van der Waals surface area contributed by atoms with E-state index in [1.807, 2.05) is 36.4 Å². The Morgan fingerprint density at radius 3 is 2.48 bits per heavy atom. The van der Waals surface area contributed by atoms with E-state index in [-0.39, 0.29) is 24.0 Å². The molecule has 1 heterocycles. The Balaban J connectivity index is 1.86. The van der Waals surface area contributed by atoms with Gasteiger partial charge in [-0.3, -0.25) is 14.5 Å². The molecule has 2 aromatic carbocycles. The fourth-order valence-corrected chi connectivity index (χ4v) is 4.48. The summed E-state index contributed by atoms with van der Waals surface area (Å²) in [4.78, 5) is 27.9. The van der Waals surface area contributed by atoms with Crippen molar-refractivity contribution in [1.82, 2.24) is 0 Å². The van der Waals surface area contributed by atoms with Crippen LogP contribution in [0.1, 0.15) is 37.2 Å². The maximum absolute atomic E-state index is 13.2. The highest BCUT2D eigenvalue weighted by Gasteiger charge is 2.40. The van der Waals surface area contributed by atoms with Crippen LogP contribution in [-0.4, -0.2) is 25.9 Å². The highest BCUT2D eigenvalue weighted by Crippen LogP contribution is 2.45. The molecule has 5 nitrogen and oxygen atoms in total. The number of carbonyl (C=O) groups is 2. The molecular formula is C23H22ClNO4. The van der Waals surface area contributed by atoms with E-state index in [4.69, 9.17) is 21.1 Å². The van der Waals surface area contributed by atoms with Crippen LogP contribution in [0, 0.1) is 0 Å². The van der Waals surface area contributed by atoms with E-state index in [1.165, 1.54) is 0 Å². The Morgan fingerprint density at radius 2 is 1.76 bits per heavy atom. The summed E-state index contributed by atoms with van der Waals surface area (Å²) < 4.78 is 10.7. The molecule has 2 aliphatic rings. The van der Waals surface area contributed by atoms with Crippen molar-refractivity contribution in [1.29, 1.82) is 0 Å². The third-order valence-electron chi connectivity index (χ3n) is 5.58. The Kier molecular flexibility index (Phi) is 5.33. The number of anilines is 1. The van der Waals surface area contributed by atoms with Crippen LogP contribution in [0.2, 0.25) is 5.02 Å². The van der Waals surface area contributed by atoms with Crippen LogP contribution in [0.15, 0.2) is 53.7 Å². The molecule has 1 aliphatic heterocycles. The van der Waals surface area contributed by atoms with E-state index >= 15 is 0 Å². The average molecular weight is 412 g/mol. The normalized spacial score (nSPS) is 19.3. The standard InChI is InChI=1S/C23H22ClNO4/c1-28-20-11-10-14(12-21(20)29-2)15-13-22(27)25(17-7-4-3-6-16(17)24)18-8-5-9-19(26)23(15)18/h3-4,6-7,10-12,15H,5,8-9,13H2,1-2H3. The van der Waals surface area contributed by atoms with Crippen LogP contribution in [0.3, 0.4) is 0 Å². The summed E-state index contributed by atoms with van der Waals surface area (Å²) >= 11 is 6.38. The van der Waals surface area contributed by atoms with Gasteiger partial charge in [-0.25, -0.2) is 0 Å². The molecule has 1 unspecified atom stereocenters. The van der Waals surface area contributed by atoms with Gasteiger partial charge >= 0.3 is 0 Å². The van der Waals surface area contributed by atoms with Gasteiger partial charge in [0, 0.05) is 30.0 Å². The van der Waals surface area contributed by atoms with Crippen molar-refractivity contribution in [2.24, 2.45) is 0 Å². The number of ketones is 1. The minimum atomic E-state index is -0.302. The van der Waals surface area contributed by atoms with Crippen molar-refractivity contribution in [3.63, 3.8) is 0 Å². The number of rotatable bonds is 4. The molecule has 1 amide bonds. The van der Waals surface area contributed by atoms with Crippen LogP contribution < -0.4 is 14.4 Å². The molecule has 0 fully saturated rings. The summed E-state index contributed by atoms with van der Waals surface area (Å²) in [6.45, 7) is 0. The molecule has 0 saturated heterocycles. The highest BCUT2D eigenvalue weighted by molar-refractivity contribution is 6.34. The number of halogens is 1. The van der Waals surface area contributed by atoms with Gasteiger partial charge in [0.25, 0.3) is 0 Å². The van der Waals surface area contributed by atoms with Crippen LogP contribution in [0.25, 0.3) is 0 Å². The zero-order valence-electron chi connectivity index (χ0n) is 16.4. The maximum Gasteiger partial charge on any atom is 0.232 e. The lowest BCUT2D eigenvalue weighted by molar-refractivity contribution is -0.119. The molecule has 1 atom stereocenters. The zero-order valence-corrected chi connectivity index (χ0v) is 17.2. The lowest BCUT2D eigenvalue weighted by Gasteiger charge is -2.38. The third-order valence-corrected chi connectivity index (χ3v) is 5.90. The third kappa shape index (κ3) is 3.40. The number of Topliss-reactive ketones (excluding diaryl/α,β-unsaturated/α-hetero) is 1. The van der Waals surface area contributed by atoms with Gasteiger partial charge in [0.05, 0.1) is 24.9 Å². The Bertz CT molecular complexity index is 1010. The lowest BCUT2D eigenvalue weighted by atomic mass is 9.77. The monoisotopic (exact) mass is 411 g/mol. The summed E-state index contributed by atoms with van der Waals surface area (Å²) in [5.74, 6) is 0.919. The first-order chi connectivity index (χ1) is 14.0. The first kappa shape index (κ1) is 19.5. The SMILES string of the molecule is COc1ccc(C2CC(=O)N(c3ccccc3Cl)C3=C2C(=O)CCC3)cc1OC. The largest absolute Gasteiger partial charge is 0.493 e. The fourth-order valence-electron chi connectivity index (χ4n) is 4.26. The van der Waals surface area contributed by atoms with Crippen molar-refractivity contribution in [3.8, 4) is 11.5 Å². The molecule has 150 valence electrons. The second kappa shape index (κ2) is 7.91. The van der Waals surface area contributed by atoms with E-state index in [0.29, 0.717) is 40.6 Å². The van der Waals surface area contributed by atoms with Crippen LogP contribution in [0.5, 0.6) is 11.5 Å². The number of methoxy groups -OCH3 is 2. The number of nitrogens with zero attached hydrogens (tertiary/aromatic N) is 1. The van der Waals surface area contributed by atoms with Gasteiger partial charge in [-0.1, -0.05) is 29.8 Å². The van der Waals surface area contributed by atoms with E-state index in [0.717, 1.165) is 17.7 Å². The van der Waals surface area contributed by atoms with Gasteiger partial charge in [0.1, 0.15) is 0 Å². The van der Waals surface area contributed by atoms with Crippen molar-refractivity contribution in [2.45, 2.75) is 31.6 Å². The van der Waals surface area contributed by atoms with Gasteiger partial charge in [0.2, 0.25) is 5.91 Å². The number of allylic oxidation sites excluding steroid dienone is 2. The van der Waals surface area contributed by atoms with Crippen molar-refractivity contribution >= 4 is 29.0 Å². The molecule has 4 rings (SSSR count). The van der Waals surface area contributed by atoms with E-state index < -0.39 is 0 Å². The minimum Gasteiger partial charge on any atom is -0.493 e. The quantitative estimate of drug-likeness (QED) is 0.719. The highest BCUT2D eigenvalue weighted by atomic mass is 35.5. The Morgan fingerprint density at radius 1 is 1.00 bits per heavy atom. The molecule has 0 saturated carbocycles. The predicted octanol–water partition coefficient (Wildman–Crippen LogP) is 4.88. The second-order valence-electron chi connectivity index (χ2n) is 7.19. The molecule has 0 bridgehead atoms. The second-order valence-corrected chi connectivity index (χ2v) is 7.60. The van der Waals surface area contributed by atoms with E-state index in [1.54, 1.807) is 25.2 Å². The summed E-state index contributed by atoms with van der Waals surface area (Å²) in [6, 6.07) is 12.8. The number of hydrogen-bond acceptors (Lipinski definition) is 4. The van der Waals surface area contributed by atoms with Crippen molar-refractivity contribution < 1.29 is 19.1 Å². The fraction of sp³-hybridized carbons (Fsp3) is 0.304. The molecule has 0 spiro atoms. The topological polar surface area (TPSA) is 55.8 Å². The van der Waals surface area contributed by atoms with Gasteiger partial charge in [-0.05, 0) is 42.7 Å². The maximum atomic E-state index is 13.2. The molecular weight excluding hydrogens is 390 g/mol. The van der Waals surface area contributed by atoms with Gasteiger partial charge in [-0.15, -0.1) is 0 Å². The van der Waals surface area contributed by atoms with Crippen molar-refractivity contribution in [2.75, 3.05) is 19.1 Å². The summed E-state index contributed by atoms with van der Waals surface area (Å²) in [5.41, 5.74) is 2.98. The number of amides is 1. The smallest absolute Gasteiger partial charge is 0.232 e. The number of para-hydroxylation sites is 1. The first-order valence-electron chi connectivity index (χ1n) is 9.60. The van der Waals surface area contributed by atoms with Crippen LogP contribution in [-0.2, 0) is 9.59 Å². The molecule has 29 heavy (non-hydrogen) atoms. The minimum absolute atomic E-state index is 0.0636. The predicted molar refractivity (Wildman–Crippen MR) is 112 cm³/mol. The number of ether oxygens (including phenoxy) is 2. The molecule has 0 radical (unpaired) electrons. The summed E-state index contributed by atoms with van der Waals surface area (Å²) in [5, 5.41) is 0.496. The zero-order chi connectivity index (χ0) is 20.5. The first-order valence-corrected chi connectivity index (χ1v) is 9.98. The Hall–Kier alpha value is -2.79. The Labute approximate surface area is 174 Å². The average Bonchev–Trinajstić information content (AvgIpc) is 2.73. The van der Waals surface area contributed by atoms with Crippen LogP contribution >= 0.6 is 11.6 Å². The molecule has 1 aliphatic carbocycles. The summed E-state index contributed by atoms with van der Waals surface area (Å²) in [6.07, 6.45) is 2.09. The van der Waals surface area contributed by atoms with E-state index in [2.05, 4.69) is 0 Å². The number of carbonyl (C=O) groups excluding carboxylic acids is 2. The number of benzene rings is 2. The molecule has 2 aromatic rings. The number of hydrogen-bond donors (Lipinski definition) is 0. The van der Waals surface area contributed by atoms with Gasteiger partial charge < -0.3 is 9.47 Å². The molecule has 0 N–H and O–H groups in total. The van der Waals surface area contributed by atoms with Gasteiger partial charge in [0.15, 0.2) is 17.3 Å². The molecule has 0 aromatic heterocycles. The lowest BCUT2D eigenvalue weighted by Crippen LogP contribution is -2.40. The van der Waals surface area contributed by atoms with Crippen LogP contribution in [0.4, 0.5) is 5.69 Å².